The Balaban J connectivity index is 2.46. The predicted octanol–water partition coefficient (Wildman–Crippen LogP) is 5.33. The van der Waals surface area contributed by atoms with Crippen LogP contribution in [0, 0.1) is 5.92 Å². The molecule has 0 saturated carbocycles. The van der Waals surface area contributed by atoms with Crippen LogP contribution in [0.1, 0.15) is 90.2 Å². The SMILES string of the molecule is CCCCC(CCC)C1(CC(CCC)NC(C)=O)CNCc2ccccc21. The van der Waals surface area contributed by atoms with Crippen LogP contribution in [0.2, 0.25) is 0 Å². The van der Waals surface area contributed by atoms with Crippen molar-refractivity contribution in [2.24, 2.45) is 5.92 Å². The van der Waals surface area contributed by atoms with Gasteiger partial charge in [0, 0.05) is 31.5 Å². The molecule has 1 amide bonds. The molecule has 2 N–H and O–H groups in total. The van der Waals surface area contributed by atoms with Crippen LogP contribution in [0.3, 0.4) is 0 Å². The average Bonchev–Trinajstić information content (AvgIpc) is 2.65. The van der Waals surface area contributed by atoms with Crippen molar-refractivity contribution in [3.05, 3.63) is 35.4 Å². The summed E-state index contributed by atoms with van der Waals surface area (Å²) in [4.78, 5) is 11.9. The Morgan fingerprint density at radius 3 is 2.52 bits per heavy atom. The predicted molar refractivity (Wildman–Crippen MR) is 115 cm³/mol. The molecule has 3 unspecified atom stereocenters. The number of carbonyl (C=O) groups excluding carboxylic acids is 1. The van der Waals surface area contributed by atoms with Gasteiger partial charge in [-0.2, -0.15) is 0 Å². The van der Waals surface area contributed by atoms with E-state index in [1.807, 2.05) is 0 Å². The van der Waals surface area contributed by atoms with Crippen molar-refractivity contribution in [3.8, 4) is 0 Å². The van der Waals surface area contributed by atoms with Gasteiger partial charge >= 0.3 is 0 Å². The highest BCUT2D eigenvalue weighted by molar-refractivity contribution is 5.73. The van der Waals surface area contributed by atoms with Gasteiger partial charge in [-0.05, 0) is 42.7 Å². The summed E-state index contributed by atoms with van der Waals surface area (Å²) in [5, 5.41) is 7.01. The van der Waals surface area contributed by atoms with Gasteiger partial charge < -0.3 is 10.6 Å². The van der Waals surface area contributed by atoms with Crippen LogP contribution in [0.5, 0.6) is 0 Å². The van der Waals surface area contributed by atoms with Gasteiger partial charge in [-0.3, -0.25) is 4.79 Å². The third kappa shape index (κ3) is 5.57. The zero-order valence-electron chi connectivity index (χ0n) is 17.9. The number of hydrogen-bond acceptors (Lipinski definition) is 2. The Labute approximate surface area is 166 Å². The van der Waals surface area contributed by atoms with E-state index in [2.05, 4.69) is 55.7 Å². The van der Waals surface area contributed by atoms with E-state index in [1.165, 1.54) is 43.2 Å². The van der Waals surface area contributed by atoms with Crippen LogP contribution in [-0.4, -0.2) is 18.5 Å². The zero-order chi connectivity index (χ0) is 19.7. The number of benzene rings is 1. The number of carbonyl (C=O) groups is 1. The molecule has 1 aliphatic rings. The molecule has 1 aromatic rings. The van der Waals surface area contributed by atoms with Gasteiger partial charge in [0.2, 0.25) is 5.91 Å². The monoisotopic (exact) mass is 372 g/mol. The maximum Gasteiger partial charge on any atom is 0.217 e. The Hall–Kier alpha value is -1.35. The lowest BCUT2D eigenvalue weighted by Crippen LogP contribution is -2.52. The second-order valence-corrected chi connectivity index (χ2v) is 8.43. The first-order valence-electron chi connectivity index (χ1n) is 11.1. The minimum absolute atomic E-state index is 0.0984. The van der Waals surface area contributed by atoms with Gasteiger partial charge in [-0.1, -0.05) is 70.7 Å². The van der Waals surface area contributed by atoms with Crippen LogP contribution in [-0.2, 0) is 16.8 Å². The van der Waals surface area contributed by atoms with Crippen molar-refractivity contribution in [2.75, 3.05) is 6.54 Å². The summed E-state index contributed by atoms with van der Waals surface area (Å²) in [5.41, 5.74) is 3.09. The van der Waals surface area contributed by atoms with Crippen LogP contribution in [0.4, 0.5) is 0 Å². The molecule has 27 heavy (non-hydrogen) atoms. The van der Waals surface area contributed by atoms with Crippen molar-refractivity contribution >= 4 is 5.91 Å². The standard InChI is InChI=1S/C24H40N2O/c1-5-8-14-21(11-6-2)24(16-22(12-7-3)26-19(4)27)18-25-17-20-13-9-10-15-23(20)24/h9-10,13,15,21-22,25H,5-8,11-12,14,16-18H2,1-4H3,(H,26,27). The highest BCUT2D eigenvalue weighted by Gasteiger charge is 2.43. The van der Waals surface area contributed by atoms with Crippen molar-refractivity contribution in [1.82, 2.24) is 10.6 Å². The minimum Gasteiger partial charge on any atom is -0.354 e. The van der Waals surface area contributed by atoms with Crippen LogP contribution < -0.4 is 10.6 Å². The molecule has 3 nitrogen and oxygen atoms in total. The van der Waals surface area contributed by atoms with Gasteiger partial charge in [0.1, 0.15) is 0 Å². The number of rotatable bonds is 11. The van der Waals surface area contributed by atoms with Gasteiger partial charge in [0.15, 0.2) is 0 Å². The Kier molecular flexibility index (Phi) is 8.82. The molecule has 2 rings (SSSR count). The van der Waals surface area contributed by atoms with Crippen LogP contribution in [0.15, 0.2) is 24.3 Å². The molecule has 0 bridgehead atoms. The topological polar surface area (TPSA) is 41.1 Å². The molecule has 1 aromatic carbocycles. The fourth-order valence-electron chi connectivity index (χ4n) is 5.19. The third-order valence-electron chi connectivity index (χ3n) is 6.29. The van der Waals surface area contributed by atoms with Crippen LogP contribution >= 0.6 is 0 Å². The molecule has 0 aliphatic carbocycles. The van der Waals surface area contributed by atoms with Crippen molar-refractivity contribution < 1.29 is 4.79 Å². The quantitative estimate of drug-likeness (QED) is 0.551. The fraction of sp³-hybridized carbons (Fsp3) is 0.708. The Morgan fingerprint density at radius 2 is 1.85 bits per heavy atom. The molecule has 3 atom stereocenters. The lowest BCUT2D eigenvalue weighted by Gasteiger charge is -2.47. The zero-order valence-corrected chi connectivity index (χ0v) is 17.9. The molecule has 0 saturated heterocycles. The summed E-state index contributed by atoms with van der Waals surface area (Å²) in [5.74, 6) is 0.755. The normalized spacial score (nSPS) is 21.3. The van der Waals surface area contributed by atoms with Gasteiger partial charge in [0.25, 0.3) is 0 Å². The lowest BCUT2D eigenvalue weighted by atomic mass is 9.61. The van der Waals surface area contributed by atoms with Gasteiger partial charge in [-0.25, -0.2) is 0 Å². The first-order valence-corrected chi connectivity index (χ1v) is 11.1. The number of unbranched alkanes of at least 4 members (excludes halogenated alkanes) is 1. The number of hydrogen-bond donors (Lipinski definition) is 2. The maximum atomic E-state index is 11.9. The van der Waals surface area contributed by atoms with E-state index < -0.39 is 0 Å². The molecule has 0 aromatic heterocycles. The summed E-state index contributed by atoms with van der Waals surface area (Å²) in [6.45, 7) is 10.5. The first-order chi connectivity index (χ1) is 13.1. The van der Waals surface area contributed by atoms with Gasteiger partial charge in [-0.15, -0.1) is 0 Å². The third-order valence-corrected chi connectivity index (χ3v) is 6.29. The van der Waals surface area contributed by atoms with E-state index in [1.54, 1.807) is 6.92 Å². The average molecular weight is 373 g/mol. The molecule has 0 fully saturated rings. The summed E-state index contributed by atoms with van der Waals surface area (Å²) in [7, 11) is 0. The number of nitrogens with one attached hydrogen (secondary N) is 2. The van der Waals surface area contributed by atoms with E-state index >= 15 is 0 Å². The molecular formula is C24H40N2O. The van der Waals surface area contributed by atoms with Gasteiger partial charge in [0.05, 0.1) is 0 Å². The van der Waals surface area contributed by atoms with E-state index in [0.717, 1.165) is 32.4 Å². The summed E-state index contributed by atoms with van der Waals surface area (Å²) < 4.78 is 0. The van der Waals surface area contributed by atoms with Crippen LogP contribution in [0.25, 0.3) is 0 Å². The summed E-state index contributed by atoms with van der Waals surface area (Å²) >= 11 is 0. The van der Waals surface area contributed by atoms with E-state index in [4.69, 9.17) is 0 Å². The molecular weight excluding hydrogens is 332 g/mol. The second-order valence-electron chi connectivity index (χ2n) is 8.43. The van der Waals surface area contributed by atoms with Crippen molar-refractivity contribution in [3.63, 3.8) is 0 Å². The summed E-state index contributed by atoms with van der Waals surface area (Å²) in [6, 6.07) is 9.26. The Bertz CT molecular complexity index is 585. The largest absolute Gasteiger partial charge is 0.354 e. The molecule has 152 valence electrons. The van der Waals surface area contributed by atoms with Crippen molar-refractivity contribution in [1.29, 1.82) is 0 Å². The fourth-order valence-corrected chi connectivity index (χ4v) is 5.19. The molecule has 1 heterocycles. The first kappa shape index (κ1) is 21.9. The molecule has 0 spiro atoms. The molecule has 3 heteroatoms. The van der Waals surface area contributed by atoms with E-state index in [9.17, 15) is 4.79 Å². The smallest absolute Gasteiger partial charge is 0.217 e. The highest BCUT2D eigenvalue weighted by atomic mass is 16.1. The minimum atomic E-state index is 0.0984. The second kappa shape index (κ2) is 10.8. The summed E-state index contributed by atoms with van der Waals surface area (Å²) in [6.07, 6.45) is 9.48. The lowest BCUT2D eigenvalue weighted by molar-refractivity contribution is -0.119. The Morgan fingerprint density at radius 1 is 1.11 bits per heavy atom. The highest BCUT2D eigenvalue weighted by Crippen LogP contribution is 2.45. The van der Waals surface area contributed by atoms with E-state index in [-0.39, 0.29) is 17.4 Å². The van der Waals surface area contributed by atoms with E-state index in [0.29, 0.717) is 5.92 Å². The van der Waals surface area contributed by atoms with Crippen molar-refractivity contribution in [2.45, 2.75) is 97.1 Å². The molecule has 1 aliphatic heterocycles. The number of amides is 1. The molecule has 0 radical (unpaired) electrons. The maximum absolute atomic E-state index is 11.9. The number of fused-ring (bicyclic) bond motifs is 1.